The standard InChI is InChI=1S/C17H21N3O2/c1-20-11-15(16(19-20)12-5-3-2-4-6-12)17(22)18-13-7-9-14(21)10-8-13/h2-6,11,13-14,21H,7-10H2,1H3,(H,18,22). The van der Waals surface area contributed by atoms with E-state index in [4.69, 9.17) is 0 Å². The summed E-state index contributed by atoms with van der Waals surface area (Å²) in [5.41, 5.74) is 2.24. The van der Waals surface area contributed by atoms with Gasteiger partial charge in [0.2, 0.25) is 0 Å². The molecule has 0 spiro atoms. The minimum absolute atomic E-state index is 0.0895. The molecule has 1 amide bonds. The van der Waals surface area contributed by atoms with Crippen LogP contribution in [0.2, 0.25) is 0 Å². The van der Waals surface area contributed by atoms with E-state index in [1.165, 1.54) is 0 Å². The summed E-state index contributed by atoms with van der Waals surface area (Å²) in [6.45, 7) is 0. The molecule has 5 heteroatoms. The molecule has 0 radical (unpaired) electrons. The molecule has 1 fully saturated rings. The second-order valence-electron chi connectivity index (χ2n) is 5.91. The Morgan fingerprint density at radius 1 is 1.23 bits per heavy atom. The van der Waals surface area contributed by atoms with Gasteiger partial charge in [-0.15, -0.1) is 0 Å². The van der Waals surface area contributed by atoms with Gasteiger partial charge in [-0.3, -0.25) is 9.48 Å². The lowest BCUT2D eigenvalue weighted by Gasteiger charge is -2.26. The lowest BCUT2D eigenvalue weighted by molar-refractivity contribution is 0.0868. The minimum Gasteiger partial charge on any atom is -0.393 e. The highest BCUT2D eigenvalue weighted by atomic mass is 16.3. The Hall–Kier alpha value is -2.14. The van der Waals surface area contributed by atoms with Gasteiger partial charge in [-0.05, 0) is 25.7 Å². The molecule has 5 nitrogen and oxygen atoms in total. The van der Waals surface area contributed by atoms with Crippen LogP contribution in [0.15, 0.2) is 36.5 Å². The highest BCUT2D eigenvalue weighted by molar-refractivity contribution is 5.99. The fraction of sp³-hybridized carbons (Fsp3) is 0.412. The molecule has 1 aromatic carbocycles. The SMILES string of the molecule is Cn1cc(C(=O)NC2CCC(O)CC2)c(-c2ccccc2)n1. The normalized spacial score (nSPS) is 21.5. The number of nitrogens with one attached hydrogen (secondary N) is 1. The van der Waals surface area contributed by atoms with Crippen molar-refractivity contribution >= 4 is 5.91 Å². The van der Waals surface area contributed by atoms with Crippen LogP contribution in [0.1, 0.15) is 36.0 Å². The Labute approximate surface area is 130 Å². The molecule has 1 aliphatic rings. The van der Waals surface area contributed by atoms with Crippen LogP contribution in [-0.2, 0) is 7.05 Å². The van der Waals surface area contributed by atoms with E-state index in [9.17, 15) is 9.90 Å². The molecule has 0 unspecified atom stereocenters. The average molecular weight is 299 g/mol. The number of aliphatic hydroxyl groups is 1. The monoisotopic (exact) mass is 299 g/mol. The molecule has 22 heavy (non-hydrogen) atoms. The minimum atomic E-state index is -0.216. The number of amides is 1. The van der Waals surface area contributed by atoms with Gasteiger partial charge >= 0.3 is 0 Å². The number of hydrogen-bond donors (Lipinski definition) is 2. The summed E-state index contributed by atoms with van der Waals surface area (Å²) in [5.74, 6) is -0.0895. The van der Waals surface area contributed by atoms with Crippen molar-refractivity contribution in [3.05, 3.63) is 42.1 Å². The molecule has 0 atom stereocenters. The van der Waals surface area contributed by atoms with Crippen molar-refractivity contribution in [3.8, 4) is 11.3 Å². The van der Waals surface area contributed by atoms with Crippen LogP contribution in [0.5, 0.6) is 0 Å². The first kappa shape index (κ1) is 14.8. The van der Waals surface area contributed by atoms with Crippen LogP contribution >= 0.6 is 0 Å². The van der Waals surface area contributed by atoms with Gasteiger partial charge in [-0.2, -0.15) is 5.10 Å². The van der Waals surface area contributed by atoms with Crippen LogP contribution in [0.25, 0.3) is 11.3 Å². The molecule has 116 valence electrons. The zero-order valence-electron chi connectivity index (χ0n) is 12.7. The van der Waals surface area contributed by atoms with Crippen molar-refractivity contribution < 1.29 is 9.90 Å². The van der Waals surface area contributed by atoms with Gasteiger partial charge in [0.15, 0.2) is 0 Å². The number of carbonyl (C=O) groups is 1. The first-order valence-corrected chi connectivity index (χ1v) is 7.71. The number of benzene rings is 1. The maximum absolute atomic E-state index is 12.6. The lowest BCUT2D eigenvalue weighted by atomic mass is 9.93. The maximum Gasteiger partial charge on any atom is 0.255 e. The van der Waals surface area contributed by atoms with Crippen molar-refractivity contribution in [2.45, 2.75) is 37.8 Å². The van der Waals surface area contributed by atoms with E-state index in [0.29, 0.717) is 11.3 Å². The van der Waals surface area contributed by atoms with Gasteiger partial charge in [0.05, 0.1) is 11.7 Å². The van der Waals surface area contributed by atoms with Crippen LogP contribution in [-0.4, -0.2) is 32.9 Å². The van der Waals surface area contributed by atoms with Gasteiger partial charge < -0.3 is 10.4 Å². The van der Waals surface area contributed by atoms with Crippen LogP contribution in [0, 0.1) is 0 Å². The number of aromatic nitrogens is 2. The average Bonchev–Trinajstić information content (AvgIpc) is 2.92. The molecule has 1 aromatic heterocycles. The molecular formula is C17H21N3O2. The van der Waals surface area contributed by atoms with E-state index < -0.39 is 0 Å². The first-order chi connectivity index (χ1) is 10.6. The largest absolute Gasteiger partial charge is 0.393 e. The number of aliphatic hydroxyl groups excluding tert-OH is 1. The Morgan fingerprint density at radius 2 is 1.91 bits per heavy atom. The quantitative estimate of drug-likeness (QED) is 0.912. The number of carbonyl (C=O) groups excluding carboxylic acids is 1. The van der Waals surface area contributed by atoms with Gasteiger partial charge in [-0.25, -0.2) is 0 Å². The highest BCUT2D eigenvalue weighted by Gasteiger charge is 2.23. The number of rotatable bonds is 3. The molecule has 2 N–H and O–H groups in total. The number of hydrogen-bond acceptors (Lipinski definition) is 3. The van der Waals surface area contributed by atoms with Crippen molar-refractivity contribution in [2.75, 3.05) is 0 Å². The highest BCUT2D eigenvalue weighted by Crippen LogP contribution is 2.23. The molecule has 1 heterocycles. The van der Waals surface area contributed by atoms with E-state index in [1.54, 1.807) is 10.9 Å². The Bertz CT molecular complexity index is 643. The van der Waals surface area contributed by atoms with Crippen LogP contribution < -0.4 is 5.32 Å². The molecule has 3 rings (SSSR count). The third-order valence-corrected chi connectivity index (χ3v) is 4.15. The molecular weight excluding hydrogens is 278 g/mol. The zero-order chi connectivity index (χ0) is 15.5. The summed E-state index contributed by atoms with van der Waals surface area (Å²) in [6.07, 6.45) is 4.70. The van der Waals surface area contributed by atoms with E-state index in [2.05, 4.69) is 10.4 Å². The maximum atomic E-state index is 12.6. The second-order valence-corrected chi connectivity index (χ2v) is 5.91. The van der Waals surface area contributed by atoms with E-state index in [1.807, 2.05) is 37.4 Å². The smallest absolute Gasteiger partial charge is 0.255 e. The van der Waals surface area contributed by atoms with E-state index in [-0.39, 0.29) is 18.1 Å². The molecule has 1 saturated carbocycles. The van der Waals surface area contributed by atoms with E-state index >= 15 is 0 Å². The molecule has 0 aliphatic heterocycles. The second kappa shape index (κ2) is 6.32. The van der Waals surface area contributed by atoms with Gasteiger partial charge in [-0.1, -0.05) is 30.3 Å². The van der Waals surface area contributed by atoms with Crippen LogP contribution in [0.3, 0.4) is 0 Å². The summed E-state index contributed by atoms with van der Waals surface area (Å²) in [7, 11) is 1.82. The van der Waals surface area contributed by atoms with Gasteiger partial charge in [0.1, 0.15) is 5.69 Å². The first-order valence-electron chi connectivity index (χ1n) is 7.71. The fourth-order valence-electron chi connectivity index (χ4n) is 2.95. The Morgan fingerprint density at radius 3 is 2.59 bits per heavy atom. The van der Waals surface area contributed by atoms with Crippen molar-refractivity contribution in [1.82, 2.24) is 15.1 Å². The summed E-state index contributed by atoms with van der Waals surface area (Å²) < 4.78 is 1.67. The summed E-state index contributed by atoms with van der Waals surface area (Å²) >= 11 is 0. The fourth-order valence-corrected chi connectivity index (χ4v) is 2.95. The predicted octanol–water partition coefficient (Wildman–Crippen LogP) is 2.12. The van der Waals surface area contributed by atoms with Crippen molar-refractivity contribution in [2.24, 2.45) is 7.05 Å². The number of aryl methyl sites for hydroxylation is 1. The van der Waals surface area contributed by atoms with Crippen molar-refractivity contribution in [1.29, 1.82) is 0 Å². The lowest BCUT2D eigenvalue weighted by Crippen LogP contribution is -2.38. The third kappa shape index (κ3) is 3.20. The summed E-state index contributed by atoms with van der Waals surface area (Å²) in [6, 6.07) is 9.87. The Balaban J connectivity index is 1.78. The van der Waals surface area contributed by atoms with Gasteiger partial charge in [0.25, 0.3) is 5.91 Å². The summed E-state index contributed by atoms with van der Waals surface area (Å²) in [4.78, 5) is 12.6. The number of nitrogens with zero attached hydrogens (tertiary/aromatic N) is 2. The molecule has 1 aliphatic carbocycles. The van der Waals surface area contributed by atoms with Crippen LogP contribution in [0.4, 0.5) is 0 Å². The van der Waals surface area contributed by atoms with Gasteiger partial charge in [0, 0.05) is 24.8 Å². The Kier molecular flexibility index (Phi) is 4.24. The topological polar surface area (TPSA) is 67.2 Å². The zero-order valence-corrected chi connectivity index (χ0v) is 12.7. The summed E-state index contributed by atoms with van der Waals surface area (Å²) in [5, 5.41) is 17.0. The van der Waals surface area contributed by atoms with Crippen molar-refractivity contribution in [3.63, 3.8) is 0 Å². The molecule has 0 bridgehead atoms. The third-order valence-electron chi connectivity index (χ3n) is 4.15. The predicted molar refractivity (Wildman–Crippen MR) is 84.4 cm³/mol. The molecule has 2 aromatic rings. The van der Waals surface area contributed by atoms with E-state index in [0.717, 1.165) is 31.2 Å². The molecule has 0 saturated heterocycles.